The smallest absolute Gasteiger partial charge is 0.336 e. The second-order valence-corrected chi connectivity index (χ2v) is 5.67. The summed E-state index contributed by atoms with van der Waals surface area (Å²) >= 11 is 0. The van der Waals surface area contributed by atoms with Crippen LogP contribution in [0, 0.1) is 0 Å². The molecule has 0 radical (unpaired) electrons. The zero-order valence-corrected chi connectivity index (χ0v) is 14.0. The van der Waals surface area contributed by atoms with E-state index >= 15 is 0 Å². The number of carboxylic acids is 1. The molecular formula is C18H18N2O5. The number of carbonyl (C=O) groups excluding carboxylic acids is 2. The Labute approximate surface area is 144 Å². The van der Waals surface area contributed by atoms with E-state index in [0.717, 1.165) is 0 Å². The molecule has 0 aliphatic rings. The van der Waals surface area contributed by atoms with Crippen LogP contribution in [0.2, 0.25) is 0 Å². The van der Waals surface area contributed by atoms with E-state index in [1.54, 1.807) is 25.1 Å². The van der Waals surface area contributed by atoms with Gasteiger partial charge in [0.2, 0.25) is 5.91 Å². The number of phenolic OH excluding ortho intramolecular Hbond substituents is 1. The highest BCUT2D eigenvalue weighted by molar-refractivity contribution is 6.16. The molecule has 0 saturated heterocycles. The number of phenols is 1. The van der Waals surface area contributed by atoms with Gasteiger partial charge in [0.05, 0.1) is 11.1 Å². The topological polar surface area (TPSA) is 107 Å². The van der Waals surface area contributed by atoms with E-state index in [9.17, 15) is 24.6 Å². The molecular weight excluding hydrogens is 324 g/mol. The molecule has 0 aromatic heterocycles. The van der Waals surface area contributed by atoms with E-state index in [-0.39, 0.29) is 34.0 Å². The van der Waals surface area contributed by atoms with Crippen LogP contribution < -0.4 is 10.2 Å². The van der Waals surface area contributed by atoms with Gasteiger partial charge in [-0.1, -0.05) is 0 Å². The third-order valence-electron chi connectivity index (χ3n) is 3.56. The summed E-state index contributed by atoms with van der Waals surface area (Å²) < 4.78 is 0. The largest absolute Gasteiger partial charge is 0.507 e. The molecule has 0 aliphatic heterocycles. The van der Waals surface area contributed by atoms with Crippen LogP contribution in [0.3, 0.4) is 0 Å². The second kappa shape index (κ2) is 7.04. The Morgan fingerprint density at radius 1 is 0.960 bits per heavy atom. The maximum atomic E-state index is 12.7. The number of carbonyl (C=O) groups is 3. The fraction of sp³-hybridized carbons (Fsp3) is 0.167. The lowest BCUT2D eigenvalue weighted by atomic mass is 9.97. The number of anilines is 2. The summed E-state index contributed by atoms with van der Waals surface area (Å²) in [6.45, 7) is 1.30. The highest BCUT2D eigenvalue weighted by Gasteiger charge is 2.21. The van der Waals surface area contributed by atoms with Gasteiger partial charge < -0.3 is 20.4 Å². The second-order valence-electron chi connectivity index (χ2n) is 5.67. The third-order valence-corrected chi connectivity index (χ3v) is 3.56. The average Bonchev–Trinajstić information content (AvgIpc) is 2.53. The molecule has 2 rings (SSSR count). The maximum Gasteiger partial charge on any atom is 0.336 e. The summed E-state index contributed by atoms with van der Waals surface area (Å²) in [5, 5.41) is 22.0. The minimum absolute atomic E-state index is 0.000349. The van der Waals surface area contributed by atoms with E-state index in [1.165, 1.54) is 37.3 Å². The molecule has 2 aromatic rings. The van der Waals surface area contributed by atoms with Crippen LogP contribution in [-0.4, -0.2) is 42.0 Å². The molecule has 0 heterocycles. The molecule has 130 valence electrons. The number of nitrogens with zero attached hydrogens (tertiary/aromatic N) is 1. The van der Waals surface area contributed by atoms with Crippen LogP contribution in [0.4, 0.5) is 11.4 Å². The minimum atomic E-state index is -1.31. The molecule has 3 N–H and O–H groups in total. The third kappa shape index (κ3) is 3.95. The first-order chi connectivity index (χ1) is 11.7. The van der Waals surface area contributed by atoms with E-state index < -0.39 is 11.8 Å². The molecule has 7 nitrogen and oxygen atoms in total. The molecule has 0 bridgehead atoms. The SMILES string of the molecule is CC(=O)Nc1ccc(C(=O)c2ccc(N(C)C)cc2O)c(C(=O)O)c1. The first kappa shape index (κ1) is 18.0. The van der Waals surface area contributed by atoms with E-state index in [2.05, 4.69) is 5.32 Å². The Balaban J connectivity index is 2.48. The van der Waals surface area contributed by atoms with Crippen molar-refractivity contribution in [1.29, 1.82) is 0 Å². The fourth-order valence-corrected chi connectivity index (χ4v) is 2.34. The first-order valence-corrected chi connectivity index (χ1v) is 7.40. The predicted octanol–water partition coefficient (Wildman–Crippen LogP) is 2.35. The number of carboxylic acid groups (broad SMARTS) is 1. The summed E-state index contributed by atoms with van der Waals surface area (Å²) in [4.78, 5) is 37.0. The number of ketones is 1. The Morgan fingerprint density at radius 3 is 2.12 bits per heavy atom. The zero-order valence-electron chi connectivity index (χ0n) is 14.0. The van der Waals surface area contributed by atoms with Gasteiger partial charge in [0.15, 0.2) is 5.78 Å². The number of nitrogens with one attached hydrogen (secondary N) is 1. The maximum absolute atomic E-state index is 12.7. The fourth-order valence-electron chi connectivity index (χ4n) is 2.34. The van der Waals surface area contributed by atoms with Crippen molar-refractivity contribution in [3.8, 4) is 5.75 Å². The highest BCUT2D eigenvalue weighted by atomic mass is 16.4. The van der Waals surface area contributed by atoms with Crippen molar-refractivity contribution in [3.63, 3.8) is 0 Å². The molecule has 0 atom stereocenters. The summed E-state index contributed by atoms with van der Waals surface area (Å²) in [5.41, 5.74) is 0.643. The number of hydrogen-bond donors (Lipinski definition) is 3. The van der Waals surface area contributed by atoms with E-state index in [4.69, 9.17) is 0 Å². The average molecular weight is 342 g/mol. The molecule has 7 heteroatoms. The quantitative estimate of drug-likeness (QED) is 0.720. The Kier molecular flexibility index (Phi) is 5.07. The Morgan fingerprint density at radius 2 is 1.60 bits per heavy atom. The van der Waals surface area contributed by atoms with Gasteiger partial charge in [-0.2, -0.15) is 0 Å². The van der Waals surface area contributed by atoms with E-state index in [0.29, 0.717) is 5.69 Å². The van der Waals surface area contributed by atoms with Gasteiger partial charge in [-0.3, -0.25) is 9.59 Å². The van der Waals surface area contributed by atoms with Crippen LogP contribution >= 0.6 is 0 Å². The number of aromatic hydroxyl groups is 1. The number of hydrogen-bond acceptors (Lipinski definition) is 5. The monoisotopic (exact) mass is 342 g/mol. The van der Waals surface area contributed by atoms with Gasteiger partial charge in [0.25, 0.3) is 0 Å². The Bertz CT molecular complexity index is 859. The van der Waals surface area contributed by atoms with E-state index in [1.807, 2.05) is 0 Å². The summed E-state index contributed by atoms with van der Waals surface area (Å²) in [6.07, 6.45) is 0. The number of rotatable bonds is 5. The summed E-state index contributed by atoms with van der Waals surface area (Å²) in [6, 6.07) is 8.49. The number of benzene rings is 2. The van der Waals surface area contributed by atoms with Crippen molar-refractivity contribution in [2.45, 2.75) is 6.92 Å². The van der Waals surface area contributed by atoms with Gasteiger partial charge in [-0.15, -0.1) is 0 Å². The van der Waals surface area contributed by atoms with Crippen molar-refractivity contribution in [1.82, 2.24) is 0 Å². The zero-order chi connectivity index (χ0) is 18.7. The van der Waals surface area contributed by atoms with Gasteiger partial charge in [0, 0.05) is 44.0 Å². The lowest BCUT2D eigenvalue weighted by Crippen LogP contribution is -2.13. The first-order valence-electron chi connectivity index (χ1n) is 7.40. The van der Waals surface area contributed by atoms with Gasteiger partial charge >= 0.3 is 5.97 Å². The molecule has 0 fully saturated rings. The van der Waals surface area contributed by atoms with Gasteiger partial charge in [-0.25, -0.2) is 4.79 Å². The van der Waals surface area contributed by atoms with Crippen molar-refractivity contribution < 1.29 is 24.6 Å². The summed E-state index contributed by atoms with van der Waals surface area (Å²) in [5.74, 6) is -2.51. The molecule has 0 spiro atoms. The molecule has 0 unspecified atom stereocenters. The van der Waals surface area contributed by atoms with Crippen LogP contribution in [0.25, 0.3) is 0 Å². The number of aromatic carboxylic acids is 1. The highest BCUT2D eigenvalue weighted by Crippen LogP contribution is 2.27. The van der Waals surface area contributed by atoms with Crippen LogP contribution in [-0.2, 0) is 4.79 Å². The van der Waals surface area contributed by atoms with Crippen molar-refractivity contribution in [2.75, 3.05) is 24.3 Å². The van der Waals surface area contributed by atoms with Gasteiger partial charge in [0.1, 0.15) is 5.75 Å². The van der Waals surface area contributed by atoms with Crippen molar-refractivity contribution in [3.05, 3.63) is 53.1 Å². The van der Waals surface area contributed by atoms with Crippen molar-refractivity contribution in [2.24, 2.45) is 0 Å². The molecule has 2 aromatic carbocycles. The Hall–Kier alpha value is -3.35. The minimum Gasteiger partial charge on any atom is -0.507 e. The predicted molar refractivity (Wildman–Crippen MR) is 93.6 cm³/mol. The summed E-state index contributed by atoms with van der Waals surface area (Å²) in [7, 11) is 3.58. The number of amides is 1. The van der Waals surface area contributed by atoms with Crippen LogP contribution in [0.1, 0.15) is 33.2 Å². The molecule has 0 saturated carbocycles. The van der Waals surface area contributed by atoms with Gasteiger partial charge in [-0.05, 0) is 30.3 Å². The molecule has 25 heavy (non-hydrogen) atoms. The standard InChI is InChI=1S/C18H18N2O5/c1-10(21)19-11-4-6-13(15(8-11)18(24)25)17(23)14-7-5-12(20(2)3)9-16(14)22/h4-9,22H,1-3H3,(H,19,21)(H,24,25). The van der Waals surface area contributed by atoms with Crippen LogP contribution in [0.5, 0.6) is 5.75 Å². The normalized spacial score (nSPS) is 10.2. The lowest BCUT2D eigenvalue weighted by molar-refractivity contribution is -0.114. The molecule has 0 aliphatic carbocycles. The van der Waals surface area contributed by atoms with Crippen molar-refractivity contribution >= 4 is 29.0 Å². The lowest BCUT2D eigenvalue weighted by Gasteiger charge is -2.14. The molecule has 1 amide bonds. The van der Waals surface area contributed by atoms with Crippen LogP contribution in [0.15, 0.2) is 36.4 Å².